The van der Waals surface area contributed by atoms with Crippen molar-refractivity contribution in [3.05, 3.63) is 84.4 Å². The molecular formula is C21H22N2O3S. The van der Waals surface area contributed by atoms with Gasteiger partial charge in [-0.05, 0) is 42.0 Å². The van der Waals surface area contributed by atoms with E-state index in [-0.39, 0.29) is 4.90 Å². The van der Waals surface area contributed by atoms with Crippen LogP contribution in [0.4, 0.5) is 5.69 Å². The van der Waals surface area contributed by atoms with Gasteiger partial charge >= 0.3 is 0 Å². The molecule has 0 atom stereocenters. The molecule has 0 fully saturated rings. The van der Waals surface area contributed by atoms with Gasteiger partial charge in [0.05, 0.1) is 10.6 Å². The minimum atomic E-state index is -3.45. The molecule has 0 heterocycles. The number of nitrogens with one attached hydrogen (secondary N) is 1. The predicted molar refractivity (Wildman–Crippen MR) is 108 cm³/mol. The molecule has 0 amide bonds. The first-order chi connectivity index (χ1) is 13.0. The summed E-state index contributed by atoms with van der Waals surface area (Å²) in [5.74, 6) is 1.46. The van der Waals surface area contributed by atoms with Gasteiger partial charge < -0.3 is 10.1 Å². The average Bonchev–Trinajstić information content (AvgIpc) is 2.68. The van der Waals surface area contributed by atoms with Crippen LogP contribution in [0.3, 0.4) is 0 Å². The molecule has 0 unspecified atom stereocenters. The van der Waals surface area contributed by atoms with Crippen LogP contribution in [0.5, 0.6) is 11.5 Å². The SMILES string of the molecule is CN(C)S(=O)(=O)c1cccc(CNc2ccccc2Oc2ccccc2)c1. The number of ether oxygens (including phenoxy) is 1. The summed E-state index contributed by atoms with van der Waals surface area (Å²) in [4.78, 5) is 0.278. The van der Waals surface area contributed by atoms with Gasteiger partial charge in [0.1, 0.15) is 5.75 Å². The lowest BCUT2D eigenvalue weighted by atomic mass is 10.2. The molecule has 3 aromatic rings. The monoisotopic (exact) mass is 382 g/mol. The van der Waals surface area contributed by atoms with E-state index in [9.17, 15) is 8.42 Å². The van der Waals surface area contributed by atoms with Crippen LogP contribution in [0.25, 0.3) is 0 Å². The third-order valence-electron chi connectivity index (χ3n) is 4.02. The van der Waals surface area contributed by atoms with Gasteiger partial charge in [-0.1, -0.05) is 42.5 Å². The molecule has 0 saturated carbocycles. The van der Waals surface area contributed by atoms with Crippen molar-refractivity contribution in [3.63, 3.8) is 0 Å². The van der Waals surface area contributed by atoms with Crippen LogP contribution in [0, 0.1) is 0 Å². The van der Waals surface area contributed by atoms with Crippen molar-refractivity contribution in [2.45, 2.75) is 11.4 Å². The molecule has 0 spiro atoms. The molecule has 3 rings (SSSR count). The Balaban J connectivity index is 1.76. The van der Waals surface area contributed by atoms with Crippen molar-refractivity contribution < 1.29 is 13.2 Å². The molecule has 0 aliphatic heterocycles. The van der Waals surface area contributed by atoms with Gasteiger partial charge in [0.25, 0.3) is 0 Å². The van der Waals surface area contributed by atoms with Gasteiger partial charge in [0, 0.05) is 20.6 Å². The van der Waals surface area contributed by atoms with E-state index in [0.717, 1.165) is 17.0 Å². The lowest BCUT2D eigenvalue weighted by Gasteiger charge is -2.14. The smallest absolute Gasteiger partial charge is 0.242 e. The van der Waals surface area contributed by atoms with Crippen molar-refractivity contribution >= 4 is 15.7 Å². The largest absolute Gasteiger partial charge is 0.455 e. The van der Waals surface area contributed by atoms with E-state index in [1.165, 1.54) is 18.4 Å². The number of rotatable bonds is 7. The molecule has 0 saturated heterocycles. The number of sulfonamides is 1. The molecule has 1 N–H and O–H groups in total. The van der Waals surface area contributed by atoms with E-state index in [0.29, 0.717) is 12.3 Å². The molecule has 0 aromatic heterocycles. The minimum Gasteiger partial charge on any atom is -0.455 e. The fourth-order valence-electron chi connectivity index (χ4n) is 2.54. The third-order valence-corrected chi connectivity index (χ3v) is 5.83. The molecule has 0 radical (unpaired) electrons. The zero-order valence-corrected chi connectivity index (χ0v) is 16.1. The Morgan fingerprint density at radius 3 is 2.33 bits per heavy atom. The summed E-state index contributed by atoms with van der Waals surface area (Å²) in [7, 11) is -0.400. The Kier molecular flexibility index (Phi) is 5.78. The molecule has 0 bridgehead atoms. The van der Waals surface area contributed by atoms with Gasteiger partial charge in [0.15, 0.2) is 5.75 Å². The van der Waals surface area contributed by atoms with Gasteiger partial charge in [-0.2, -0.15) is 0 Å². The Morgan fingerprint density at radius 1 is 0.889 bits per heavy atom. The molecule has 140 valence electrons. The molecule has 5 nitrogen and oxygen atoms in total. The molecule has 6 heteroatoms. The van der Waals surface area contributed by atoms with E-state index in [4.69, 9.17) is 4.74 Å². The summed E-state index contributed by atoms with van der Waals surface area (Å²) in [6, 6.07) is 24.1. The highest BCUT2D eigenvalue weighted by molar-refractivity contribution is 7.89. The summed E-state index contributed by atoms with van der Waals surface area (Å²) < 4.78 is 31.8. The van der Waals surface area contributed by atoms with E-state index < -0.39 is 10.0 Å². The Bertz CT molecular complexity index is 1000. The summed E-state index contributed by atoms with van der Waals surface area (Å²) in [5.41, 5.74) is 1.70. The van der Waals surface area contributed by atoms with E-state index >= 15 is 0 Å². The number of para-hydroxylation sites is 3. The summed E-state index contributed by atoms with van der Waals surface area (Å²) in [5, 5.41) is 3.32. The van der Waals surface area contributed by atoms with Gasteiger partial charge in [-0.3, -0.25) is 0 Å². The number of anilines is 1. The zero-order valence-electron chi connectivity index (χ0n) is 15.3. The third kappa shape index (κ3) is 4.67. The molecule has 0 aliphatic carbocycles. The molecule has 3 aromatic carbocycles. The number of benzene rings is 3. The Morgan fingerprint density at radius 2 is 1.59 bits per heavy atom. The zero-order chi connectivity index (χ0) is 19.3. The van der Waals surface area contributed by atoms with Crippen molar-refractivity contribution in [2.75, 3.05) is 19.4 Å². The van der Waals surface area contributed by atoms with Crippen LogP contribution >= 0.6 is 0 Å². The van der Waals surface area contributed by atoms with Crippen LogP contribution in [0.15, 0.2) is 83.8 Å². The molecule has 27 heavy (non-hydrogen) atoms. The van der Waals surface area contributed by atoms with Crippen molar-refractivity contribution in [3.8, 4) is 11.5 Å². The standard InChI is InChI=1S/C21H22N2O3S/c1-23(2)27(24,25)19-12-8-9-17(15-19)16-22-20-13-6-7-14-21(20)26-18-10-4-3-5-11-18/h3-15,22H,16H2,1-2H3. The van der Waals surface area contributed by atoms with Crippen LogP contribution in [-0.2, 0) is 16.6 Å². The van der Waals surface area contributed by atoms with Crippen LogP contribution in [-0.4, -0.2) is 26.8 Å². The van der Waals surface area contributed by atoms with Gasteiger partial charge in [0.2, 0.25) is 10.0 Å². The summed E-state index contributed by atoms with van der Waals surface area (Å²) in [6.45, 7) is 0.478. The normalized spacial score (nSPS) is 11.4. The van der Waals surface area contributed by atoms with Crippen LogP contribution in [0.2, 0.25) is 0 Å². The van der Waals surface area contributed by atoms with Crippen LogP contribution < -0.4 is 10.1 Å². The van der Waals surface area contributed by atoms with Gasteiger partial charge in [-0.15, -0.1) is 0 Å². The fraction of sp³-hybridized carbons (Fsp3) is 0.143. The number of nitrogens with zero attached hydrogens (tertiary/aromatic N) is 1. The second-order valence-electron chi connectivity index (χ2n) is 6.20. The molecule has 0 aliphatic rings. The van der Waals surface area contributed by atoms with E-state index in [1.807, 2.05) is 60.7 Å². The first-order valence-electron chi connectivity index (χ1n) is 8.54. The first kappa shape index (κ1) is 18.9. The van der Waals surface area contributed by atoms with Crippen LogP contribution in [0.1, 0.15) is 5.56 Å². The van der Waals surface area contributed by atoms with Gasteiger partial charge in [-0.25, -0.2) is 12.7 Å². The summed E-state index contributed by atoms with van der Waals surface area (Å²) in [6.07, 6.45) is 0. The average molecular weight is 382 g/mol. The second-order valence-corrected chi connectivity index (χ2v) is 8.35. The summed E-state index contributed by atoms with van der Waals surface area (Å²) >= 11 is 0. The highest BCUT2D eigenvalue weighted by Gasteiger charge is 2.17. The topological polar surface area (TPSA) is 58.6 Å². The maximum atomic E-state index is 12.3. The lowest BCUT2D eigenvalue weighted by Crippen LogP contribution is -2.22. The maximum Gasteiger partial charge on any atom is 0.242 e. The van der Waals surface area contributed by atoms with Crippen molar-refractivity contribution in [1.29, 1.82) is 0 Å². The van der Waals surface area contributed by atoms with E-state index in [1.54, 1.807) is 18.2 Å². The highest BCUT2D eigenvalue weighted by atomic mass is 32.2. The first-order valence-corrected chi connectivity index (χ1v) is 9.98. The maximum absolute atomic E-state index is 12.3. The quantitative estimate of drug-likeness (QED) is 0.660. The lowest BCUT2D eigenvalue weighted by molar-refractivity contribution is 0.484. The van der Waals surface area contributed by atoms with Crippen molar-refractivity contribution in [2.24, 2.45) is 0 Å². The second kappa shape index (κ2) is 8.24. The fourth-order valence-corrected chi connectivity index (χ4v) is 3.51. The predicted octanol–water partition coefficient (Wildman–Crippen LogP) is 4.34. The van der Waals surface area contributed by atoms with E-state index in [2.05, 4.69) is 5.32 Å². The van der Waals surface area contributed by atoms with Crippen molar-refractivity contribution in [1.82, 2.24) is 4.31 Å². The Hall–Kier alpha value is -2.83. The minimum absolute atomic E-state index is 0.278. The molecular weight excluding hydrogens is 360 g/mol. The highest BCUT2D eigenvalue weighted by Crippen LogP contribution is 2.29. The number of hydrogen-bond donors (Lipinski definition) is 1. The number of hydrogen-bond acceptors (Lipinski definition) is 4. The Labute approximate surface area is 160 Å².